The van der Waals surface area contributed by atoms with Gasteiger partial charge in [-0.15, -0.1) is 20.4 Å². The molecule has 1 aliphatic rings. The highest BCUT2D eigenvalue weighted by Gasteiger charge is 2.29. The Bertz CT molecular complexity index is 994. The number of nitrogens with one attached hydrogen (secondary N) is 1. The first-order valence-electron chi connectivity index (χ1n) is 8.53. The van der Waals surface area contributed by atoms with Crippen LogP contribution in [0.1, 0.15) is 11.4 Å². The lowest BCUT2D eigenvalue weighted by molar-refractivity contribution is 0.137. The predicted molar refractivity (Wildman–Crippen MR) is 101 cm³/mol. The molecule has 0 bridgehead atoms. The number of hydrogen-bond acceptors (Lipinski definition) is 7. The second kappa shape index (κ2) is 7.12. The Balaban J connectivity index is 1.54. The summed E-state index contributed by atoms with van der Waals surface area (Å²) >= 11 is 1.50. The number of benzene rings is 1. The van der Waals surface area contributed by atoms with Crippen LogP contribution in [0, 0.1) is 6.92 Å². The molecule has 8 nitrogen and oxygen atoms in total. The fraction of sp³-hybridized carbons (Fsp3) is 0.353. The number of nitrogens with zero attached hydrogens (tertiary/aromatic N) is 5. The smallest absolute Gasteiger partial charge is 0.323 e. The maximum absolute atomic E-state index is 13.8. The number of anilines is 1. The number of fused-ring (bicyclic) bond motifs is 1. The summed E-state index contributed by atoms with van der Waals surface area (Å²) in [5, 5.41) is 21.5. The van der Waals surface area contributed by atoms with Crippen molar-refractivity contribution in [1.82, 2.24) is 25.3 Å². The zero-order valence-corrected chi connectivity index (χ0v) is 15.4. The van der Waals surface area contributed by atoms with Crippen molar-refractivity contribution in [1.29, 1.82) is 0 Å². The van der Waals surface area contributed by atoms with E-state index in [0.717, 1.165) is 21.0 Å². The van der Waals surface area contributed by atoms with E-state index in [-0.39, 0.29) is 6.54 Å². The molecule has 2 aromatic heterocycles. The second-order valence-electron chi connectivity index (χ2n) is 6.47. The number of aromatic nitrogens is 4. The minimum Gasteiger partial charge on any atom is -0.325 e. The summed E-state index contributed by atoms with van der Waals surface area (Å²) in [4.78, 5) is 13.8. The molecule has 4 rings (SSSR count). The number of alkyl halides is 1. The van der Waals surface area contributed by atoms with Gasteiger partial charge in [-0.25, -0.2) is 9.18 Å². The van der Waals surface area contributed by atoms with Crippen molar-refractivity contribution in [2.24, 2.45) is 5.73 Å². The van der Waals surface area contributed by atoms with Crippen molar-refractivity contribution < 1.29 is 9.18 Å². The monoisotopic (exact) mass is 387 g/mol. The van der Waals surface area contributed by atoms with Crippen LogP contribution in [-0.4, -0.2) is 56.6 Å². The van der Waals surface area contributed by atoms with Gasteiger partial charge in [0.2, 0.25) is 0 Å². The molecular formula is C17H18FN7OS. The number of hydrogen-bond donors (Lipinski definition) is 2. The number of amides is 2. The van der Waals surface area contributed by atoms with Gasteiger partial charge in [0, 0.05) is 23.5 Å². The zero-order valence-electron chi connectivity index (χ0n) is 14.6. The molecule has 0 unspecified atom stereocenters. The Morgan fingerprint density at radius 1 is 1.30 bits per heavy atom. The summed E-state index contributed by atoms with van der Waals surface area (Å²) in [5.74, 6) is 0.309. The number of piperidine rings is 1. The molecule has 0 spiro atoms. The van der Waals surface area contributed by atoms with Crippen molar-refractivity contribution in [3.05, 3.63) is 29.3 Å². The Labute approximate surface area is 158 Å². The van der Waals surface area contributed by atoms with Crippen molar-refractivity contribution in [3.8, 4) is 10.6 Å². The number of likely N-dealkylation sites (tertiary alicyclic amines) is 1. The Hall–Kier alpha value is -2.72. The molecule has 2 atom stereocenters. The molecule has 1 aromatic carbocycles. The van der Waals surface area contributed by atoms with Gasteiger partial charge in [0.25, 0.3) is 0 Å². The maximum atomic E-state index is 13.8. The van der Waals surface area contributed by atoms with E-state index in [1.807, 2.05) is 25.1 Å². The number of rotatable bonds is 2. The third-order valence-corrected chi connectivity index (χ3v) is 5.36. The van der Waals surface area contributed by atoms with E-state index in [2.05, 4.69) is 25.7 Å². The second-order valence-corrected chi connectivity index (χ2v) is 7.66. The number of aryl methyl sites for hydroxylation is 1. The number of urea groups is 1. The van der Waals surface area contributed by atoms with Crippen molar-refractivity contribution in [2.45, 2.75) is 25.6 Å². The molecule has 1 fully saturated rings. The predicted octanol–water partition coefficient (Wildman–Crippen LogP) is 2.36. The Morgan fingerprint density at radius 2 is 2.15 bits per heavy atom. The van der Waals surface area contributed by atoms with Crippen LogP contribution in [-0.2, 0) is 0 Å². The lowest BCUT2D eigenvalue weighted by Gasteiger charge is -2.32. The van der Waals surface area contributed by atoms with E-state index in [1.54, 1.807) is 6.07 Å². The number of carbonyl (C=O) groups is 1. The summed E-state index contributed by atoms with van der Waals surface area (Å²) in [6.45, 7) is 2.29. The SMILES string of the molecule is Cc1nnc(-c2ccc3nnc(NC(=O)N4CC[C@@H](N)[C@H](F)C4)cc3c2)s1. The third-order valence-electron chi connectivity index (χ3n) is 4.47. The Morgan fingerprint density at radius 3 is 2.89 bits per heavy atom. The van der Waals surface area contributed by atoms with Gasteiger partial charge in [0.1, 0.15) is 16.2 Å². The number of nitrogens with two attached hydrogens (primary N) is 1. The van der Waals surface area contributed by atoms with E-state index >= 15 is 0 Å². The average Bonchev–Trinajstić information content (AvgIpc) is 3.09. The summed E-state index contributed by atoms with van der Waals surface area (Å²) in [5.41, 5.74) is 7.27. The quantitative estimate of drug-likeness (QED) is 0.698. The topological polar surface area (TPSA) is 110 Å². The zero-order chi connectivity index (χ0) is 19.0. The Kier molecular flexibility index (Phi) is 4.66. The molecule has 3 aromatic rings. The molecule has 3 heterocycles. The fourth-order valence-electron chi connectivity index (χ4n) is 2.95. The van der Waals surface area contributed by atoms with Crippen LogP contribution in [0.3, 0.4) is 0 Å². The average molecular weight is 387 g/mol. The van der Waals surface area contributed by atoms with Crippen molar-refractivity contribution in [2.75, 3.05) is 18.4 Å². The van der Waals surface area contributed by atoms with Gasteiger partial charge in [-0.2, -0.15) is 0 Å². The highest BCUT2D eigenvalue weighted by Crippen LogP contribution is 2.26. The van der Waals surface area contributed by atoms with E-state index in [1.165, 1.54) is 16.2 Å². The molecule has 3 N–H and O–H groups in total. The third kappa shape index (κ3) is 3.71. The minimum atomic E-state index is -1.22. The lowest BCUT2D eigenvalue weighted by atomic mass is 10.0. The fourth-order valence-corrected chi connectivity index (χ4v) is 3.64. The molecule has 1 aliphatic heterocycles. The minimum absolute atomic E-state index is 0.0193. The molecule has 27 heavy (non-hydrogen) atoms. The molecular weight excluding hydrogens is 369 g/mol. The van der Waals surface area contributed by atoms with E-state index < -0.39 is 18.2 Å². The van der Waals surface area contributed by atoms with Crippen LogP contribution in [0.15, 0.2) is 24.3 Å². The van der Waals surface area contributed by atoms with Crippen LogP contribution in [0.25, 0.3) is 21.5 Å². The van der Waals surface area contributed by atoms with Gasteiger partial charge in [-0.1, -0.05) is 11.3 Å². The first kappa shape index (κ1) is 17.7. The highest BCUT2D eigenvalue weighted by molar-refractivity contribution is 7.14. The van der Waals surface area contributed by atoms with Gasteiger partial charge in [-0.05, 0) is 37.6 Å². The van der Waals surface area contributed by atoms with Gasteiger partial charge in [0.05, 0.1) is 12.1 Å². The number of carbonyl (C=O) groups excluding carboxylic acids is 1. The van der Waals surface area contributed by atoms with Gasteiger partial charge in [0.15, 0.2) is 5.82 Å². The summed E-state index contributed by atoms with van der Waals surface area (Å²) < 4.78 is 13.8. The molecule has 10 heteroatoms. The maximum Gasteiger partial charge on any atom is 0.323 e. The van der Waals surface area contributed by atoms with Gasteiger partial charge < -0.3 is 10.6 Å². The van der Waals surface area contributed by atoms with E-state index in [0.29, 0.717) is 24.3 Å². The molecule has 1 saturated heterocycles. The van der Waals surface area contributed by atoms with E-state index in [4.69, 9.17) is 5.73 Å². The first-order chi connectivity index (χ1) is 13.0. The standard InChI is InChI=1S/C17H18FN7OS/c1-9-21-24-16(27-9)10-2-3-14-11(6-10)7-15(23-22-14)20-17(26)25-5-4-13(19)12(18)8-25/h2-3,6-7,12-13H,4-5,8,19H2,1H3,(H,20,23,26)/t12-,13-/m1/s1. The van der Waals surface area contributed by atoms with Crippen LogP contribution in [0.2, 0.25) is 0 Å². The van der Waals surface area contributed by atoms with Crippen LogP contribution >= 0.6 is 11.3 Å². The van der Waals surface area contributed by atoms with Gasteiger partial charge in [-0.3, -0.25) is 5.32 Å². The normalized spacial score (nSPS) is 20.0. The summed E-state index contributed by atoms with van der Waals surface area (Å²) in [6, 6.07) is 6.50. The van der Waals surface area contributed by atoms with Crippen molar-refractivity contribution >= 4 is 34.1 Å². The number of halogens is 1. The van der Waals surface area contributed by atoms with Crippen LogP contribution in [0.4, 0.5) is 15.0 Å². The molecule has 140 valence electrons. The van der Waals surface area contributed by atoms with Crippen LogP contribution < -0.4 is 11.1 Å². The van der Waals surface area contributed by atoms with Gasteiger partial charge >= 0.3 is 6.03 Å². The molecule has 0 radical (unpaired) electrons. The lowest BCUT2D eigenvalue weighted by Crippen LogP contribution is -2.51. The molecule has 0 saturated carbocycles. The summed E-state index contributed by atoms with van der Waals surface area (Å²) in [7, 11) is 0. The first-order valence-corrected chi connectivity index (χ1v) is 9.35. The molecule has 0 aliphatic carbocycles. The van der Waals surface area contributed by atoms with Crippen LogP contribution in [0.5, 0.6) is 0 Å². The summed E-state index contributed by atoms with van der Waals surface area (Å²) in [6.07, 6.45) is -0.784. The van der Waals surface area contributed by atoms with E-state index in [9.17, 15) is 9.18 Å². The molecule has 2 amide bonds. The van der Waals surface area contributed by atoms with Crippen molar-refractivity contribution in [3.63, 3.8) is 0 Å². The largest absolute Gasteiger partial charge is 0.325 e. The highest BCUT2D eigenvalue weighted by atomic mass is 32.1.